The second-order valence-corrected chi connectivity index (χ2v) is 10.6. The maximum Gasteiger partial charge on any atom is 0.228 e. The van der Waals surface area contributed by atoms with Gasteiger partial charge in [-0.2, -0.15) is 0 Å². The molecule has 4 aliphatic rings. The van der Waals surface area contributed by atoms with E-state index in [1.165, 1.54) is 51.4 Å². The van der Waals surface area contributed by atoms with E-state index in [4.69, 9.17) is 9.97 Å². The van der Waals surface area contributed by atoms with Crippen molar-refractivity contribution in [2.75, 3.05) is 24.5 Å². The number of hydrogen-bond acceptors (Lipinski definition) is 4. The minimum absolute atomic E-state index is 0.181. The first-order valence-electron chi connectivity index (χ1n) is 13.1. The topological polar surface area (TPSA) is 66.4 Å². The molecule has 5 rings (SSSR count). The molecule has 0 N–H and O–H groups in total. The molecular weight excluding hydrogens is 400 g/mol. The maximum absolute atomic E-state index is 13.0. The molecule has 2 aliphatic carbocycles. The lowest BCUT2D eigenvalue weighted by Gasteiger charge is -2.33. The predicted molar refractivity (Wildman–Crippen MR) is 125 cm³/mol. The monoisotopic (exact) mass is 438 g/mol. The number of amides is 2. The standard InChI is InChI=1S/C26H38N4O2/c1-18-22-12-13-23(31)30(16-19-8-4-2-5-9-19)25(22)28-24(27-18)21-14-15-29(17-21)26(32)20-10-6-3-7-11-20/h19-21H,2-17H2,1H3/t21-/m1/s1. The van der Waals surface area contributed by atoms with Crippen molar-refractivity contribution in [3.8, 4) is 0 Å². The van der Waals surface area contributed by atoms with Crippen LogP contribution in [0, 0.1) is 18.8 Å². The van der Waals surface area contributed by atoms with Crippen LogP contribution in [0.2, 0.25) is 0 Å². The van der Waals surface area contributed by atoms with E-state index in [0.29, 0.717) is 18.2 Å². The number of carbonyl (C=O) groups is 2. The van der Waals surface area contributed by atoms with Gasteiger partial charge in [-0.3, -0.25) is 14.5 Å². The van der Waals surface area contributed by atoms with Crippen LogP contribution in [0.4, 0.5) is 5.82 Å². The molecule has 1 aromatic heterocycles. The van der Waals surface area contributed by atoms with Gasteiger partial charge in [0.25, 0.3) is 0 Å². The Morgan fingerprint density at radius 3 is 2.41 bits per heavy atom. The summed E-state index contributed by atoms with van der Waals surface area (Å²) in [5.74, 6) is 3.25. The van der Waals surface area contributed by atoms with Gasteiger partial charge in [-0.05, 0) is 51.4 Å². The number of likely N-dealkylation sites (tertiary alicyclic amines) is 1. The Balaban J connectivity index is 1.34. The molecule has 2 amide bonds. The SMILES string of the molecule is Cc1nc([C@@H]2CCN(C(=O)C3CCCCC3)C2)nc2c1CCC(=O)N2CC1CCCCC1. The van der Waals surface area contributed by atoms with Crippen LogP contribution in [-0.2, 0) is 16.0 Å². The van der Waals surface area contributed by atoms with Crippen LogP contribution in [0.5, 0.6) is 0 Å². The Labute approximate surface area is 192 Å². The van der Waals surface area contributed by atoms with Crippen LogP contribution in [-0.4, -0.2) is 46.3 Å². The molecule has 0 unspecified atom stereocenters. The zero-order valence-corrected chi connectivity index (χ0v) is 19.7. The highest BCUT2D eigenvalue weighted by Gasteiger charge is 2.35. The van der Waals surface area contributed by atoms with Gasteiger partial charge in [0.1, 0.15) is 11.6 Å². The quantitative estimate of drug-likeness (QED) is 0.692. The van der Waals surface area contributed by atoms with E-state index >= 15 is 0 Å². The van der Waals surface area contributed by atoms with Crippen LogP contribution in [0.15, 0.2) is 0 Å². The van der Waals surface area contributed by atoms with E-state index < -0.39 is 0 Å². The minimum Gasteiger partial charge on any atom is -0.342 e. The van der Waals surface area contributed by atoms with Gasteiger partial charge in [0, 0.05) is 49.1 Å². The van der Waals surface area contributed by atoms with Gasteiger partial charge in [0.15, 0.2) is 0 Å². The van der Waals surface area contributed by atoms with Crippen LogP contribution >= 0.6 is 0 Å². The molecular formula is C26H38N4O2. The fraction of sp³-hybridized carbons (Fsp3) is 0.769. The Hall–Kier alpha value is -1.98. The molecule has 0 aromatic carbocycles. The number of aromatic nitrogens is 2. The van der Waals surface area contributed by atoms with Gasteiger partial charge >= 0.3 is 0 Å². The molecule has 6 nitrogen and oxygen atoms in total. The molecule has 0 bridgehead atoms. The maximum atomic E-state index is 13.0. The molecule has 3 heterocycles. The van der Waals surface area contributed by atoms with Crippen LogP contribution in [0.3, 0.4) is 0 Å². The summed E-state index contributed by atoms with van der Waals surface area (Å²) in [6, 6.07) is 0. The zero-order chi connectivity index (χ0) is 22.1. The number of nitrogens with zero attached hydrogens (tertiary/aromatic N) is 4. The number of rotatable bonds is 4. The Morgan fingerprint density at radius 2 is 1.66 bits per heavy atom. The summed E-state index contributed by atoms with van der Waals surface area (Å²) < 4.78 is 0. The second-order valence-electron chi connectivity index (χ2n) is 10.6. The third kappa shape index (κ3) is 4.42. The molecule has 1 aromatic rings. The van der Waals surface area contributed by atoms with E-state index in [0.717, 1.165) is 68.2 Å². The number of aryl methyl sites for hydroxylation is 1. The van der Waals surface area contributed by atoms with Crippen molar-refractivity contribution in [2.24, 2.45) is 11.8 Å². The van der Waals surface area contributed by atoms with Crippen LogP contribution < -0.4 is 4.90 Å². The summed E-state index contributed by atoms with van der Waals surface area (Å²) in [6.07, 6.45) is 14.3. The third-order valence-corrected chi connectivity index (χ3v) is 8.34. The normalized spacial score (nSPS) is 25.3. The van der Waals surface area contributed by atoms with Crippen molar-refractivity contribution in [3.63, 3.8) is 0 Å². The Kier molecular flexibility index (Phi) is 6.47. The van der Waals surface area contributed by atoms with Gasteiger partial charge in [-0.25, -0.2) is 9.97 Å². The number of carbonyl (C=O) groups excluding carboxylic acids is 2. The summed E-state index contributed by atoms with van der Waals surface area (Å²) >= 11 is 0. The van der Waals surface area contributed by atoms with Gasteiger partial charge in [0.2, 0.25) is 11.8 Å². The lowest BCUT2D eigenvalue weighted by molar-refractivity contribution is -0.135. The van der Waals surface area contributed by atoms with Crippen LogP contribution in [0.25, 0.3) is 0 Å². The largest absolute Gasteiger partial charge is 0.342 e. The smallest absolute Gasteiger partial charge is 0.228 e. The summed E-state index contributed by atoms with van der Waals surface area (Å²) in [5, 5.41) is 0. The zero-order valence-electron chi connectivity index (χ0n) is 19.7. The van der Waals surface area contributed by atoms with Crippen molar-refractivity contribution in [1.29, 1.82) is 0 Å². The highest BCUT2D eigenvalue weighted by Crippen LogP contribution is 2.35. The van der Waals surface area contributed by atoms with Crippen molar-refractivity contribution < 1.29 is 9.59 Å². The van der Waals surface area contributed by atoms with Crippen LogP contribution in [0.1, 0.15) is 100 Å². The van der Waals surface area contributed by atoms with Gasteiger partial charge < -0.3 is 4.90 Å². The van der Waals surface area contributed by atoms with E-state index in [1.807, 2.05) is 4.90 Å². The average molecular weight is 439 g/mol. The molecule has 174 valence electrons. The molecule has 0 radical (unpaired) electrons. The molecule has 2 aliphatic heterocycles. The van der Waals surface area contributed by atoms with E-state index in [-0.39, 0.29) is 17.7 Å². The molecule has 1 saturated heterocycles. The minimum atomic E-state index is 0.181. The molecule has 1 atom stereocenters. The van der Waals surface area contributed by atoms with E-state index in [1.54, 1.807) is 0 Å². The Bertz CT molecular complexity index is 858. The fourth-order valence-electron chi connectivity index (χ4n) is 6.38. The number of anilines is 1. The molecule has 2 saturated carbocycles. The predicted octanol–water partition coefficient (Wildman–Crippen LogP) is 4.54. The summed E-state index contributed by atoms with van der Waals surface area (Å²) in [5.41, 5.74) is 2.17. The molecule has 0 spiro atoms. The lowest BCUT2D eigenvalue weighted by Crippen LogP contribution is -2.40. The fourth-order valence-corrected chi connectivity index (χ4v) is 6.38. The second kappa shape index (κ2) is 9.48. The Morgan fingerprint density at radius 1 is 0.938 bits per heavy atom. The lowest BCUT2D eigenvalue weighted by atomic mass is 9.88. The first-order chi connectivity index (χ1) is 15.6. The van der Waals surface area contributed by atoms with Gasteiger partial charge in [-0.1, -0.05) is 38.5 Å². The highest BCUT2D eigenvalue weighted by molar-refractivity contribution is 5.95. The van der Waals surface area contributed by atoms with E-state index in [2.05, 4.69) is 11.8 Å². The third-order valence-electron chi connectivity index (χ3n) is 8.34. The molecule has 3 fully saturated rings. The van der Waals surface area contributed by atoms with Gasteiger partial charge in [0.05, 0.1) is 0 Å². The average Bonchev–Trinajstić information content (AvgIpc) is 3.32. The molecule has 6 heteroatoms. The van der Waals surface area contributed by atoms with Crippen molar-refractivity contribution in [1.82, 2.24) is 14.9 Å². The van der Waals surface area contributed by atoms with E-state index in [9.17, 15) is 9.59 Å². The summed E-state index contributed by atoms with van der Waals surface area (Å²) in [7, 11) is 0. The van der Waals surface area contributed by atoms with Crippen molar-refractivity contribution in [3.05, 3.63) is 17.1 Å². The summed E-state index contributed by atoms with van der Waals surface area (Å²) in [4.78, 5) is 39.9. The van der Waals surface area contributed by atoms with Gasteiger partial charge in [-0.15, -0.1) is 0 Å². The number of hydrogen-bond donors (Lipinski definition) is 0. The van der Waals surface area contributed by atoms with Crippen molar-refractivity contribution >= 4 is 17.6 Å². The van der Waals surface area contributed by atoms with Crippen molar-refractivity contribution in [2.45, 2.75) is 96.3 Å². The first-order valence-corrected chi connectivity index (χ1v) is 13.1. The first kappa shape index (κ1) is 21.8. The highest BCUT2D eigenvalue weighted by atomic mass is 16.2. The molecule has 32 heavy (non-hydrogen) atoms. The number of fused-ring (bicyclic) bond motifs is 1. The summed E-state index contributed by atoms with van der Waals surface area (Å²) in [6.45, 7) is 4.41.